The Bertz CT molecular complexity index is 776. The first-order chi connectivity index (χ1) is 12.6. The maximum absolute atomic E-state index is 5.92. The van der Waals surface area contributed by atoms with Crippen LogP contribution in [-0.2, 0) is 0 Å². The van der Waals surface area contributed by atoms with E-state index in [1.807, 2.05) is 44.2 Å². The van der Waals surface area contributed by atoms with Crippen LogP contribution >= 0.6 is 0 Å². The van der Waals surface area contributed by atoms with Crippen LogP contribution in [0.5, 0.6) is 17.7 Å². The molecule has 0 aliphatic heterocycles. The van der Waals surface area contributed by atoms with Crippen molar-refractivity contribution in [3.63, 3.8) is 0 Å². The van der Waals surface area contributed by atoms with Gasteiger partial charge in [-0.25, -0.2) is 4.98 Å². The van der Waals surface area contributed by atoms with Crippen LogP contribution in [0.4, 0.5) is 0 Å². The number of pyridine rings is 1. The number of nitrogens with zero attached hydrogens (tertiary/aromatic N) is 2. The average molecular weight is 354 g/mol. The van der Waals surface area contributed by atoms with Crippen molar-refractivity contribution < 1.29 is 18.6 Å². The Hall–Kier alpha value is -3.02. The van der Waals surface area contributed by atoms with Gasteiger partial charge in [-0.1, -0.05) is 6.92 Å². The lowest BCUT2D eigenvalue weighted by Gasteiger charge is -2.07. The van der Waals surface area contributed by atoms with Gasteiger partial charge in [0.15, 0.2) is 5.76 Å². The molecule has 0 aliphatic rings. The molecule has 6 nitrogen and oxygen atoms in total. The summed E-state index contributed by atoms with van der Waals surface area (Å²) in [5, 5.41) is 0. The molecule has 0 amide bonds. The molecule has 2 heterocycles. The number of hydrogen-bond donors (Lipinski definition) is 0. The number of rotatable bonds is 7. The van der Waals surface area contributed by atoms with Gasteiger partial charge >= 0.3 is 6.08 Å². The second kappa shape index (κ2) is 7.91. The van der Waals surface area contributed by atoms with Gasteiger partial charge < -0.3 is 18.6 Å². The van der Waals surface area contributed by atoms with Crippen LogP contribution in [0.25, 0.3) is 22.6 Å². The third-order valence-corrected chi connectivity index (χ3v) is 4.06. The van der Waals surface area contributed by atoms with E-state index in [9.17, 15) is 0 Å². The number of aromatic nitrogens is 2. The van der Waals surface area contributed by atoms with E-state index in [1.165, 1.54) is 0 Å². The molecule has 3 rings (SSSR count). The molecule has 1 aromatic carbocycles. The first kappa shape index (κ1) is 17.8. The van der Waals surface area contributed by atoms with E-state index in [1.54, 1.807) is 26.5 Å². The summed E-state index contributed by atoms with van der Waals surface area (Å²) in [6.45, 7) is 4.03. The summed E-state index contributed by atoms with van der Waals surface area (Å²) in [6.07, 6.45) is 2.83. The smallest absolute Gasteiger partial charge is 0.394 e. The van der Waals surface area contributed by atoms with Crippen molar-refractivity contribution in [2.45, 2.75) is 26.4 Å². The molecule has 0 aliphatic carbocycles. The van der Waals surface area contributed by atoms with Gasteiger partial charge in [0.2, 0.25) is 5.88 Å². The summed E-state index contributed by atoms with van der Waals surface area (Å²) in [5.41, 5.74) is 2.37. The summed E-state index contributed by atoms with van der Waals surface area (Å²) >= 11 is 0. The van der Waals surface area contributed by atoms with Crippen LogP contribution in [0.15, 0.2) is 47.0 Å². The molecule has 3 aromatic rings. The van der Waals surface area contributed by atoms with E-state index >= 15 is 0 Å². The second-order valence-corrected chi connectivity index (χ2v) is 5.81. The van der Waals surface area contributed by atoms with Crippen LogP contribution in [0.3, 0.4) is 0 Å². The Morgan fingerprint density at radius 1 is 1.00 bits per heavy atom. The minimum atomic E-state index is 0.0132. The fourth-order valence-electron chi connectivity index (χ4n) is 2.38. The molecular formula is C20H22N2O4. The summed E-state index contributed by atoms with van der Waals surface area (Å²) in [4.78, 5) is 8.80. The lowest BCUT2D eigenvalue weighted by molar-refractivity contribution is 0.159. The van der Waals surface area contributed by atoms with E-state index in [0.717, 1.165) is 23.3 Å². The lowest BCUT2D eigenvalue weighted by Crippen LogP contribution is -2.09. The molecular weight excluding hydrogens is 332 g/mol. The number of oxazole rings is 1. The van der Waals surface area contributed by atoms with Crippen molar-refractivity contribution >= 4 is 0 Å². The van der Waals surface area contributed by atoms with Gasteiger partial charge in [0.05, 0.1) is 14.2 Å². The van der Waals surface area contributed by atoms with E-state index in [0.29, 0.717) is 17.3 Å². The van der Waals surface area contributed by atoms with Crippen LogP contribution in [0.2, 0.25) is 0 Å². The van der Waals surface area contributed by atoms with Gasteiger partial charge in [0.1, 0.15) is 17.5 Å². The van der Waals surface area contributed by atoms with Crippen LogP contribution < -0.4 is 14.2 Å². The fourth-order valence-corrected chi connectivity index (χ4v) is 2.38. The Balaban J connectivity index is 2.04. The summed E-state index contributed by atoms with van der Waals surface area (Å²) < 4.78 is 22.0. The Labute approximate surface area is 152 Å². The zero-order valence-corrected chi connectivity index (χ0v) is 15.4. The Morgan fingerprint density at radius 3 is 2.31 bits per heavy atom. The molecule has 2 aromatic heterocycles. The zero-order chi connectivity index (χ0) is 18.5. The van der Waals surface area contributed by atoms with Gasteiger partial charge in [0, 0.05) is 23.4 Å². The molecule has 1 unspecified atom stereocenters. The third-order valence-electron chi connectivity index (χ3n) is 4.06. The molecule has 136 valence electrons. The van der Waals surface area contributed by atoms with Crippen LogP contribution in [0.1, 0.15) is 20.3 Å². The van der Waals surface area contributed by atoms with Crippen molar-refractivity contribution in [3.05, 3.63) is 42.6 Å². The molecule has 6 heteroatoms. The first-order valence-electron chi connectivity index (χ1n) is 8.47. The Kier molecular flexibility index (Phi) is 5.41. The predicted octanol–water partition coefficient (Wildman–Crippen LogP) is 4.60. The number of methoxy groups -OCH3 is 2. The molecule has 0 fully saturated rings. The van der Waals surface area contributed by atoms with Gasteiger partial charge in [-0.05, 0) is 43.7 Å². The topological polar surface area (TPSA) is 66.6 Å². The maximum atomic E-state index is 5.92. The van der Waals surface area contributed by atoms with Crippen molar-refractivity contribution in [1.29, 1.82) is 0 Å². The van der Waals surface area contributed by atoms with Gasteiger partial charge in [0.25, 0.3) is 0 Å². The van der Waals surface area contributed by atoms with E-state index in [4.69, 9.17) is 18.6 Å². The molecule has 0 bridgehead atoms. The monoisotopic (exact) mass is 354 g/mol. The van der Waals surface area contributed by atoms with Crippen molar-refractivity contribution in [2.75, 3.05) is 14.2 Å². The first-order valence-corrected chi connectivity index (χ1v) is 8.47. The summed E-state index contributed by atoms with van der Waals surface area (Å²) in [5.74, 6) is 1.94. The van der Waals surface area contributed by atoms with E-state index in [-0.39, 0.29) is 12.2 Å². The fraction of sp³-hybridized carbons (Fsp3) is 0.300. The SMILES string of the molecule is CCC(C)Oc1nc(-c2ccc(OC)nc2)c(-c2ccc(OC)cc2)o1. The van der Waals surface area contributed by atoms with E-state index in [2.05, 4.69) is 9.97 Å². The lowest BCUT2D eigenvalue weighted by atomic mass is 10.1. The number of ether oxygens (including phenoxy) is 3. The highest BCUT2D eigenvalue weighted by Gasteiger charge is 2.19. The standard InChI is InChI=1S/C20H22N2O4/c1-5-13(2)25-20-22-18(15-8-11-17(24-4)21-12-15)19(26-20)14-6-9-16(23-3)10-7-14/h6-13H,5H2,1-4H3. The van der Waals surface area contributed by atoms with Crippen molar-refractivity contribution in [1.82, 2.24) is 9.97 Å². The molecule has 1 atom stereocenters. The Morgan fingerprint density at radius 2 is 1.73 bits per heavy atom. The highest BCUT2D eigenvalue weighted by atomic mass is 16.6. The number of benzene rings is 1. The second-order valence-electron chi connectivity index (χ2n) is 5.81. The quantitative estimate of drug-likeness (QED) is 0.618. The van der Waals surface area contributed by atoms with E-state index < -0.39 is 0 Å². The molecule has 0 radical (unpaired) electrons. The molecule has 0 spiro atoms. The normalized spacial score (nSPS) is 11.8. The third kappa shape index (κ3) is 3.79. The largest absolute Gasteiger partial charge is 0.497 e. The number of hydrogen-bond acceptors (Lipinski definition) is 6. The molecule has 0 saturated carbocycles. The van der Waals surface area contributed by atoms with Gasteiger partial charge in [-0.2, -0.15) is 4.98 Å². The van der Waals surface area contributed by atoms with Crippen molar-refractivity contribution in [3.8, 4) is 40.3 Å². The average Bonchev–Trinajstić information content (AvgIpc) is 3.11. The molecule has 26 heavy (non-hydrogen) atoms. The summed E-state index contributed by atoms with van der Waals surface area (Å²) in [7, 11) is 3.22. The van der Waals surface area contributed by atoms with Crippen LogP contribution in [0, 0.1) is 0 Å². The van der Waals surface area contributed by atoms with Gasteiger partial charge in [-0.3, -0.25) is 0 Å². The van der Waals surface area contributed by atoms with Crippen molar-refractivity contribution in [2.24, 2.45) is 0 Å². The minimum Gasteiger partial charge on any atom is -0.497 e. The zero-order valence-electron chi connectivity index (χ0n) is 15.4. The summed E-state index contributed by atoms with van der Waals surface area (Å²) in [6, 6.07) is 11.3. The highest BCUT2D eigenvalue weighted by molar-refractivity contribution is 5.77. The van der Waals surface area contributed by atoms with Gasteiger partial charge in [-0.15, -0.1) is 0 Å². The molecule has 0 saturated heterocycles. The highest BCUT2D eigenvalue weighted by Crippen LogP contribution is 2.36. The minimum absolute atomic E-state index is 0.0132. The van der Waals surface area contributed by atoms with Crippen LogP contribution in [-0.4, -0.2) is 30.3 Å². The maximum Gasteiger partial charge on any atom is 0.394 e. The molecule has 0 N–H and O–H groups in total. The predicted molar refractivity (Wildman–Crippen MR) is 98.7 cm³/mol.